The lowest BCUT2D eigenvalue weighted by Gasteiger charge is -2.22. The number of amides is 1. The van der Waals surface area contributed by atoms with Crippen molar-refractivity contribution in [3.05, 3.63) is 35.9 Å². The number of nitrogens with zero attached hydrogens (tertiary/aromatic N) is 1. The highest BCUT2D eigenvalue weighted by Gasteiger charge is 2.20. The topological polar surface area (TPSA) is 70.9 Å². The summed E-state index contributed by atoms with van der Waals surface area (Å²) in [5.74, 6) is 0. The van der Waals surface area contributed by atoms with Gasteiger partial charge in [-0.1, -0.05) is 35.5 Å². The SMILES string of the molecule is C[C@H](NC(=O)OC(C)(C)C)/C(=N/O)c1ccccc1. The highest BCUT2D eigenvalue weighted by Crippen LogP contribution is 2.08. The molecule has 0 aliphatic rings. The molecule has 0 heterocycles. The van der Waals surface area contributed by atoms with Gasteiger partial charge in [-0.3, -0.25) is 0 Å². The Hall–Kier alpha value is -2.04. The van der Waals surface area contributed by atoms with Gasteiger partial charge in [0.25, 0.3) is 0 Å². The number of hydrogen-bond donors (Lipinski definition) is 2. The molecule has 0 fully saturated rings. The Balaban J connectivity index is 2.72. The number of nitrogens with one attached hydrogen (secondary N) is 1. The summed E-state index contributed by atoms with van der Waals surface area (Å²) in [7, 11) is 0. The van der Waals surface area contributed by atoms with Crippen LogP contribution in [0.4, 0.5) is 4.79 Å². The number of carbonyl (C=O) groups excluding carboxylic acids is 1. The quantitative estimate of drug-likeness (QED) is 0.501. The number of ether oxygens (including phenoxy) is 1. The molecule has 1 rings (SSSR count). The highest BCUT2D eigenvalue weighted by atomic mass is 16.6. The minimum Gasteiger partial charge on any atom is -0.444 e. The van der Waals surface area contributed by atoms with E-state index in [4.69, 9.17) is 9.94 Å². The summed E-state index contributed by atoms with van der Waals surface area (Å²) in [6, 6.07) is 8.69. The van der Waals surface area contributed by atoms with Crippen LogP contribution in [-0.4, -0.2) is 28.7 Å². The van der Waals surface area contributed by atoms with E-state index in [9.17, 15) is 4.79 Å². The number of carbonyl (C=O) groups is 1. The summed E-state index contributed by atoms with van der Waals surface area (Å²) in [6.45, 7) is 7.09. The van der Waals surface area contributed by atoms with E-state index in [1.54, 1.807) is 27.7 Å². The predicted octanol–water partition coefficient (Wildman–Crippen LogP) is 2.78. The molecule has 19 heavy (non-hydrogen) atoms. The molecule has 0 aliphatic heterocycles. The van der Waals surface area contributed by atoms with Gasteiger partial charge in [-0.05, 0) is 27.7 Å². The maximum Gasteiger partial charge on any atom is 0.408 e. The number of benzene rings is 1. The van der Waals surface area contributed by atoms with Gasteiger partial charge in [-0.15, -0.1) is 0 Å². The number of alkyl carbamates (subject to hydrolysis) is 1. The molecule has 5 heteroatoms. The van der Waals surface area contributed by atoms with Crippen LogP contribution in [0.2, 0.25) is 0 Å². The van der Waals surface area contributed by atoms with E-state index >= 15 is 0 Å². The average Bonchev–Trinajstić information content (AvgIpc) is 2.28. The lowest BCUT2D eigenvalue weighted by atomic mass is 10.0. The van der Waals surface area contributed by atoms with Crippen molar-refractivity contribution >= 4 is 11.8 Å². The summed E-state index contributed by atoms with van der Waals surface area (Å²) in [5.41, 5.74) is 0.563. The van der Waals surface area contributed by atoms with Crippen molar-refractivity contribution in [1.82, 2.24) is 5.32 Å². The van der Waals surface area contributed by atoms with Crippen LogP contribution in [0.15, 0.2) is 35.5 Å². The third-order valence-electron chi connectivity index (χ3n) is 2.32. The Bertz CT molecular complexity index is 450. The van der Waals surface area contributed by atoms with Gasteiger partial charge in [-0.25, -0.2) is 4.79 Å². The molecule has 1 atom stereocenters. The standard InChI is InChI=1S/C14H20N2O3/c1-10(15-13(17)19-14(2,3)4)12(16-18)11-8-6-5-7-9-11/h5-10,18H,1-4H3,(H,15,17)/b16-12-/t10-/m0/s1. The molecule has 2 N–H and O–H groups in total. The van der Waals surface area contributed by atoms with Crippen LogP contribution in [0.5, 0.6) is 0 Å². The third-order valence-corrected chi connectivity index (χ3v) is 2.32. The first kappa shape index (κ1) is 15.0. The van der Waals surface area contributed by atoms with Gasteiger partial charge in [0.15, 0.2) is 0 Å². The van der Waals surface area contributed by atoms with E-state index in [0.29, 0.717) is 5.71 Å². The van der Waals surface area contributed by atoms with Gasteiger partial charge in [-0.2, -0.15) is 0 Å². The third kappa shape index (κ3) is 4.99. The second kappa shape index (κ2) is 6.22. The van der Waals surface area contributed by atoms with Crippen molar-refractivity contribution in [2.24, 2.45) is 5.16 Å². The maximum absolute atomic E-state index is 11.7. The highest BCUT2D eigenvalue weighted by molar-refractivity contribution is 6.04. The fourth-order valence-corrected chi connectivity index (χ4v) is 1.56. The van der Waals surface area contributed by atoms with Crippen LogP contribution in [-0.2, 0) is 4.74 Å². The van der Waals surface area contributed by atoms with E-state index in [1.165, 1.54) is 0 Å². The van der Waals surface area contributed by atoms with E-state index in [1.807, 2.05) is 30.3 Å². The molecule has 104 valence electrons. The van der Waals surface area contributed by atoms with E-state index < -0.39 is 17.7 Å². The molecule has 0 aromatic heterocycles. The predicted molar refractivity (Wildman–Crippen MR) is 73.6 cm³/mol. The zero-order valence-electron chi connectivity index (χ0n) is 11.7. The van der Waals surface area contributed by atoms with Crippen LogP contribution >= 0.6 is 0 Å². The molecular weight excluding hydrogens is 244 g/mol. The molecule has 5 nitrogen and oxygen atoms in total. The number of oxime groups is 1. The van der Waals surface area contributed by atoms with Crippen molar-refractivity contribution in [3.8, 4) is 0 Å². The lowest BCUT2D eigenvalue weighted by molar-refractivity contribution is 0.0521. The van der Waals surface area contributed by atoms with Gasteiger partial charge in [0, 0.05) is 5.56 Å². The van der Waals surface area contributed by atoms with Crippen LogP contribution in [0.3, 0.4) is 0 Å². The summed E-state index contributed by atoms with van der Waals surface area (Å²) < 4.78 is 5.15. The van der Waals surface area contributed by atoms with Gasteiger partial charge < -0.3 is 15.3 Å². The molecular formula is C14H20N2O3. The van der Waals surface area contributed by atoms with Gasteiger partial charge in [0.2, 0.25) is 0 Å². The number of hydrogen-bond acceptors (Lipinski definition) is 4. The minimum atomic E-state index is -0.562. The van der Waals surface area contributed by atoms with Crippen LogP contribution in [0, 0.1) is 0 Å². The summed E-state index contributed by atoms with van der Waals surface area (Å²) >= 11 is 0. The van der Waals surface area contributed by atoms with Crippen LogP contribution in [0.1, 0.15) is 33.3 Å². The van der Waals surface area contributed by atoms with Gasteiger partial charge in [0.1, 0.15) is 11.3 Å². The summed E-state index contributed by atoms with van der Waals surface area (Å²) in [6.07, 6.45) is -0.544. The van der Waals surface area contributed by atoms with Crippen molar-refractivity contribution in [1.29, 1.82) is 0 Å². The molecule has 0 unspecified atom stereocenters. The van der Waals surface area contributed by atoms with Crippen molar-refractivity contribution in [3.63, 3.8) is 0 Å². The molecule has 1 aromatic rings. The average molecular weight is 264 g/mol. The number of rotatable bonds is 3. The Kier molecular flexibility index (Phi) is 4.92. The van der Waals surface area contributed by atoms with Crippen LogP contribution in [0.25, 0.3) is 0 Å². The fourth-order valence-electron chi connectivity index (χ4n) is 1.56. The van der Waals surface area contributed by atoms with Gasteiger partial charge >= 0.3 is 6.09 Å². The first-order valence-electron chi connectivity index (χ1n) is 6.10. The van der Waals surface area contributed by atoms with E-state index in [-0.39, 0.29) is 0 Å². The monoisotopic (exact) mass is 264 g/mol. The molecule has 0 bridgehead atoms. The molecule has 0 spiro atoms. The van der Waals surface area contributed by atoms with Gasteiger partial charge in [0.05, 0.1) is 6.04 Å². The first-order chi connectivity index (χ1) is 8.83. The van der Waals surface area contributed by atoms with Crippen molar-refractivity contribution in [2.45, 2.75) is 39.3 Å². The molecule has 0 radical (unpaired) electrons. The Morgan fingerprint density at radius 3 is 2.37 bits per heavy atom. The van der Waals surface area contributed by atoms with Crippen LogP contribution < -0.4 is 5.32 Å². The Morgan fingerprint density at radius 2 is 1.89 bits per heavy atom. The summed E-state index contributed by atoms with van der Waals surface area (Å²) in [5, 5.41) is 15.0. The molecule has 0 saturated carbocycles. The molecule has 1 aromatic carbocycles. The Morgan fingerprint density at radius 1 is 1.32 bits per heavy atom. The second-order valence-electron chi connectivity index (χ2n) is 5.22. The van der Waals surface area contributed by atoms with E-state index in [2.05, 4.69) is 10.5 Å². The Labute approximate surface area is 113 Å². The second-order valence-corrected chi connectivity index (χ2v) is 5.22. The van der Waals surface area contributed by atoms with E-state index in [0.717, 1.165) is 5.56 Å². The smallest absolute Gasteiger partial charge is 0.408 e. The molecule has 1 amide bonds. The zero-order valence-corrected chi connectivity index (χ0v) is 11.7. The molecule has 0 saturated heterocycles. The lowest BCUT2D eigenvalue weighted by Crippen LogP contribution is -2.42. The first-order valence-corrected chi connectivity index (χ1v) is 6.10. The normalized spacial score (nSPS) is 13.8. The largest absolute Gasteiger partial charge is 0.444 e. The minimum absolute atomic E-state index is 0.381. The van der Waals surface area contributed by atoms with Crippen molar-refractivity contribution in [2.75, 3.05) is 0 Å². The summed E-state index contributed by atoms with van der Waals surface area (Å²) in [4.78, 5) is 11.7. The zero-order chi connectivity index (χ0) is 14.5. The maximum atomic E-state index is 11.7. The van der Waals surface area contributed by atoms with Crippen molar-refractivity contribution < 1.29 is 14.7 Å². The fraction of sp³-hybridized carbons (Fsp3) is 0.429. The molecule has 0 aliphatic carbocycles.